The van der Waals surface area contributed by atoms with Gasteiger partial charge in [0.05, 0.1) is 5.56 Å². The van der Waals surface area contributed by atoms with Crippen molar-refractivity contribution in [3.63, 3.8) is 0 Å². The number of hydrogen-bond acceptors (Lipinski definition) is 5. The Morgan fingerprint density at radius 2 is 2.12 bits per heavy atom. The Labute approximate surface area is 89.0 Å². The third-order valence-corrected chi connectivity index (χ3v) is 2.66. The lowest BCUT2D eigenvalue weighted by molar-refractivity contribution is 0.146. The summed E-state index contributed by atoms with van der Waals surface area (Å²) in [5, 5.41) is 22.4. The minimum atomic E-state index is -4.56. The van der Waals surface area contributed by atoms with Crippen molar-refractivity contribution in [3.05, 3.63) is 17.5 Å². The van der Waals surface area contributed by atoms with Crippen LogP contribution in [0.1, 0.15) is 17.7 Å². The molecule has 0 radical (unpaired) electrons. The number of pyridine rings is 1. The first-order valence-corrected chi connectivity index (χ1v) is 5.26. The molecule has 0 unspecified atom stereocenters. The maximum atomic E-state index is 12.4. The van der Waals surface area contributed by atoms with E-state index >= 15 is 0 Å². The number of rotatable bonds is 2. The highest BCUT2D eigenvalue weighted by Crippen LogP contribution is 2.33. The van der Waals surface area contributed by atoms with Crippen LogP contribution in [0.3, 0.4) is 0 Å². The molecule has 1 rings (SSSR count). The second-order valence-corrected chi connectivity index (χ2v) is 4.20. The van der Waals surface area contributed by atoms with Crippen LogP contribution in [0, 0.1) is 11.3 Å². The standard InChI is InChI=1S/C7H5F2N3O3S/c8-7(9)3-2-12-4(1-10)5(13)6(3)16(11,14)15/h2,7,13H,(H2,11,14,15). The first-order chi connectivity index (χ1) is 7.29. The van der Waals surface area contributed by atoms with E-state index in [1.54, 1.807) is 0 Å². The van der Waals surface area contributed by atoms with E-state index in [0.717, 1.165) is 0 Å². The lowest BCUT2D eigenvalue weighted by atomic mass is 10.2. The first kappa shape index (κ1) is 12.3. The fourth-order valence-electron chi connectivity index (χ4n) is 1.03. The fourth-order valence-corrected chi connectivity index (χ4v) is 1.87. The number of primary sulfonamides is 1. The summed E-state index contributed by atoms with van der Waals surface area (Å²) in [5.41, 5.74) is -1.73. The molecule has 0 aliphatic carbocycles. The summed E-state index contributed by atoms with van der Waals surface area (Å²) < 4.78 is 46.8. The van der Waals surface area contributed by atoms with Gasteiger partial charge in [-0.1, -0.05) is 0 Å². The minimum absolute atomic E-state index is 0.489. The summed E-state index contributed by atoms with van der Waals surface area (Å²) >= 11 is 0. The molecule has 16 heavy (non-hydrogen) atoms. The number of nitriles is 1. The average molecular weight is 249 g/mol. The Kier molecular flexibility index (Phi) is 3.06. The number of alkyl halides is 2. The molecule has 0 spiro atoms. The number of sulfonamides is 1. The number of halogens is 2. The van der Waals surface area contributed by atoms with E-state index in [-0.39, 0.29) is 0 Å². The van der Waals surface area contributed by atoms with Crippen LogP contribution in [0.4, 0.5) is 8.78 Å². The molecule has 0 bridgehead atoms. The van der Waals surface area contributed by atoms with Gasteiger partial charge in [0.2, 0.25) is 10.0 Å². The van der Waals surface area contributed by atoms with Gasteiger partial charge in [-0.25, -0.2) is 27.3 Å². The molecule has 0 aliphatic rings. The van der Waals surface area contributed by atoms with Crippen LogP contribution in [0.15, 0.2) is 11.1 Å². The smallest absolute Gasteiger partial charge is 0.266 e. The molecule has 9 heteroatoms. The van der Waals surface area contributed by atoms with Crippen LogP contribution in [-0.4, -0.2) is 18.5 Å². The quantitative estimate of drug-likeness (QED) is 0.778. The second-order valence-electron chi connectivity index (χ2n) is 2.70. The molecule has 6 nitrogen and oxygen atoms in total. The number of hydrogen-bond donors (Lipinski definition) is 2. The Morgan fingerprint density at radius 3 is 2.50 bits per heavy atom. The van der Waals surface area contributed by atoms with Crippen molar-refractivity contribution in [1.82, 2.24) is 4.98 Å². The summed E-state index contributed by atoms with van der Waals surface area (Å²) in [4.78, 5) is 2.01. The number of nitrogens with two attached hydrogens (primary N) is 1. The van der Waals surface area contributed by atoms with Crippen molar-refractivity contribution in [2.24, 2.45) is 5.14 Å². The highest BCUT2D eigenvalue weighted by atomic mass is 32.2. The number of aromatic hydroxyl groups is 1. The van der Waals surface area contributed by atoms with E-state index in [1.807, 2.05) is 0 Å². The van der Waals surface area contributed by atoms with Gasteiger partial charge in [0.25, 0.3) is 6.43 Å². The van der Waals surface area contributed by atoms with Gasteiger partial charge in [0.1, 0.15) is 11.0 Å². The van der Waals surface area contributed by atoms with Gasteiger partial charge in [-0.15, -0.1) is 0 Å². The van der Waals surface area contributed by atoms with Gasteiger partial charge in [-0.3, -0.25) is 0 Å². The van der Waals surface area contributed by atoms with Crippen LogP contribution >= 0.6 is 0 Å². The highest BCUT2D eigenvalue weighted by molar-refractivity contribution is 7.89. The SMILES string of the molecule is N#Cc1ncc(C(F)F)c(S(N)(=O)=O)c1O. The van der Waals surface area contributed by atoms with Gasteiger partial charge in [-0.05, 0) is 0 Å². The maximum Gasteiger partial charge on any atom is 0.266 e. The monoisotopic (exact) mass is 249 g/mol. The second kappa shape index (κ2) is 3.99. The largest absolute Gasteiger partial charge is 0.504 e. The zero-order valence-corrected chi connectivity index (χ0v) is 8.37. The van der Waals surface area contributed by atoms with Gasteiger partial charge in [0.15, 0.2) is 11.4 Å². The van der Waals surface area contributed by atoms with E-state index in [4.69, 9.17) is 5.26 Å². The van der Waals surface area contributed by atoms with Crippen LogP contribution in [0.25, 0.3) is 0 Å². The molecule has 0 amide bonds. The van der Waals surface area contributed by atoms with Crippen molar-refractivity contribution < 1.29 is 22.3 Å². The molecule has 0 saturated carbocycles. The van der Waals surface area contributed by atoms with Crippen LogP contribution in [0.5, 0.6) is 5.75 Å². The molecule has 1 heterocycles. The summed E-state index contributed by atoms with van der Waals surface area (Å²) in [5.74, 6) is -1.16. The molecule has 86 valence electrons. The third kappa shape index (κ3) is 2.07. The summed E-state index contributed by atoms with van der Waals surface area (Å²) in [7, 11) is -4.56. The van der Waals surface area contributed by atoms with E-state index in [0.29, 0.717) is 6.20 Å². The highest BCUT2D eigenvalue weighted by Gasteiger charge is 2.27. The third-order valence-electron chi connectivity index (χ3n) is 1.66. The molecule has 0 aromatic carbocycles. The molecule has 1 aromatic rings. The van der Waals surface area contributed by atoms with Crippen molar-refractivity contribution >= 4 is 10.0 Å². The van der Waals surface area contributed by atoms with Gasteiger partial charge in [-0.2, -0.15) is 5.26 Å². The summed E-state index contributed by atoms with van der Waals surface area (Å²) in [6.07, 6.45) is -2.69. The lowest BCUT2D eigenvalue weighted by Gasteiger charge is -2.08. The normalized spacial score (nSPS) is 11.4. The number of aromatic nitrogens is 1. The summed E-state index contributed by atoms with van der Waals surface area (Å²) in [6, 6.07) is 1.35. The predicted octanol–water partition coefficient (Wildman–Crippen LogP) is 0.244. The van der Waals surface area contributed by atoms with Crippen LogP contribution in [0.2, 0.25) is 0 Å². The first-order valence-electron chi connectivity index (χ1n) is 3.72. The summed E-state index contributed by atoms with van der Waals surface area (Å²) in [6.45, 7) is 0. The molecule has 0 fully saturated rings. The Morgan fingerprint density at radius 1 is 1.56 bits per heavy atom. The zero-order chi connectivity index (χ0) is 12.5. The van der Waals surface area contributed by atoms with E-state index in [1.165, 1.54) is 6.07 Å². The van der Waals surface area contributed by atoms with Crippen molar-refractivity contribution in [1.29, 1.82) is 5.26 Å². The zero-order valence-electron chi connectivity index (χ0n) is 7.55. The maximum absolute atomic E-state index is 12.4. The van der Waals surface area contributed by atoms with Crippen molar-refractivity contribution in [3.8, 4) is 11.8 Å². The van der Waals surface area contributed by atoms with E-state index in [2.05, 4.69) is 10.1 Å². The lowest BCUT2D eigenvalue weighted by Crippen LogP contribution is -2.16. The fraction of sp³-hybridized carbons (Fsp3) is 0.143. The molecular weight excluding hydrogens is 244 g/mol. The molecular formula is C7H5F2N3O3S. The Balaban J connectivity index is 3.72. The predicted molar refractivity (Wildman–Crippen MR) is 46.9 cm³/mol. The van der Waals surface area contributed by atoms with Crippen LogP contribution < -0.4 is 5.14 Å². The molecule has 0 aliphatic heterocycles. The van der Waals surface area contributed by atoms with Gasteiger partial charge in [0, 0.05) is 6.20 Å². The molecule has 1 aromatic heterocycles. The van der Waals surface area contributed by atoms with E-state index in [9.17, 15) is 22.3 Å². The van der Waals surface area contributed by atoms with Gasteiger partial charge < -0.3 is 5.11 Å². The van der Waals surface area contributed by atoms with E-state index < -0.39 is 38.4 Å². The Bertz CT molecular complexity index is 565. The average Bonchev–Trinajstić information content (AvgIpc) is 2.14. The molecule has 0 saturated heterocycles. The van der Waals surface area contributed by atoms with Crippen LogP contribution in [-0.2, 0) is 10.0 Å². The molecule has 0 atom stereocenters. The minimum Gasteiger partial charge on any atom is -0.504 e. The Hall–Kier alpha value is -1.79. The van der Waals surface area contributed by atoms with Crippen molar-refractivity contribution in [2.75, 3.05) is 0 Å². The number of nitrogens with zero attached hydrogens (tertiary/aromatic N) is 2. The van der Waals surface area contributed by atoms with Gasteiger partial charge >= 0.3 is 0 Å². The van der Waals surface area contributed by atoms with Crippen molar-refractivity contribution in [2.45, 2.75) is 11.3 Å². The topological polar surface area (TPSA) is 117 Å². The molecule has 3 N–H and O–H groups in total.